The molecule has 0 atom stereocenters. The molecule has 0 spiro atoms. The van der Waals surface area contributed by atoms with Gasteiger partial charge in [0.25, 0.3) is 0 Å². The summed E-state index contributed by atoms with van der Waals surface area (Å²) in [6.45, 7) is 2.24. The van der Waals surface area contributed by atoms with Crippen molar-refractivity contribution in [3.8, 4) is 0 Å². The molecular weight excluding hydrogens is 108 g/mol. The molecule has 1 saturated heterocycles. The highest BCUT2D eigenvalue weighted by Gasteiger charge is 1.92. The van der Waals surface area contributed by atoms with Gasteiger partial charge < -0.3 is 10.6 Å². The highest BCUT2D eigenvalue weighted by molar-refractivity contribution is 7.99. The van der Waals surface area contributed by atoms with Crippen LogP contribution < -0.4 is 10.6 Å². The van der Waals surface area contributed by atoms with Crippen molar-refractivity contribution in [1.82, 2.24) is 10.6 Å². The summed E-state index contributed by atoms with van der Waals surface area (Å²) in [5, 5.41) is 6.50. The first-order valence-electron chi connectivity index (χ1n) is 2.49. The molecule has 3 heteroatoms. The second-order valence-electron chi connectivity index (χ2n) is 1.49. The second kappa shape index (κ2) is 3.29. The zero-order valence-corrected chi connectivity index (χ0v) is 5.05. The van der Waals surface area contributed by atoms with Crippen LogP contribution in [0.4, 0.5) is 0 Å². The zero-order valence-electron chi connectivity index (χ0n) is 4.24. The molecule has 1 rings (SSSR count). The number of rotatable bonds is 0. The van der Waals surface area contributed by atoms with Gasteiger partial charge in [0.1, 0.15) is 0 Å². The summed E-state index contributed by atoms with van der Waals surface area (Å²) in [6.07, 6.45) is 0. The third kappa shape index (κ3) is 2.16. The fourth-order valence-corrected chi connectivity index (χ4v) is 1.20. The molecule has 0 saturated carbocycles. The van der Waals surface area contributed by atoms with Crippen LogP contribution in [0.5, 0.6) is 0 Å². The number of hydrogen-bond donors (Lipinski definition) is 2. The molecule has 0 amide bonds. The highest BCUT2D eigenvalue weighted by atomic mass is 32.2. The fraction of sp³-hybridized carbons (Fsp3) is 1.00. The van der Waals surface area contributed by atoms with Crippen molar-refractivity contribution >= 4 is 11.8 Å². The van der Waals surface area contributed by atoms with Gasteiger partial charge in [-0.05, 0) is 0 Å². The lowest BCUT2D eigenvalue weighted by atomic mass is 10.6. The lowest BCUT2D eigenvalue weighted by Crippen LogP contribution is -2.21. The van der Waals surface area contributed by atoms with Gasteiger partial charge in [-0.25, -0.2) is 0 Å². The third-order valence-corrected chi connectivity index (χ3v) is 1.70. The summed E-state index contributed by atoms with van der Waals surface area (Å²) in [4.78, 5) is 0. The van der Waals surface area contributed by atoms with Crippen LogP contribution in [0.3, 0.4) is 0 Å². The van der Waals surface area contributed by atoms with E-state index in [1.54, 1.807) is 0 Å². The minimum Gasteiger partial charge on any atom is -0.307 e. The Balaban J connectivity index is 2.04. The van der Waals surface area contributed by atoms with Gasteiger partial charge in [-0.1, -0.05) is 0 Å². The van der Waals surface area contributed by atoms with E-state index in [9.17, 15) is 0 Å². The second-order valence-corrected chi connectivity index (χ2v) is 2.48. The van der Waals surface area contributed by atoms with Gasteiger partial charge in [-0.15, -0.1) is 11.8 Å². The van der Waals surface area contributed by atoms with Gasteiger partial charge in [0.05, 0.1) is 0 Å². The average molecular weight is 118 g/mol. The first-order chi connectivity index (χ1) is 3.50. The molecule has 0 aromatic heterocycles. The molecule has 0 aromatic carbocycles. The Bertz CT molecular complexity index is 29.3. The zero-order chi connectivity index (χ0) is 4.95. The van der Waals surface area contributed by atoms with Crippen molar-refractivity contribution in [3.63, 3.8) is 0 Å². The lowest BCUT2D eigenvalue weighted by molar-refractivity contribution is 0.718. The molecule has 2 nitrogen and oxygen atoms in total. The van der Waals surface area contributed by atoms with Crippen LogP contribution in [0.1, 0.15) is 0 Å². The quantitative estimate of drug-likeness (QED) is 0.461. The molecule has 0 bridgehead atoms. The standard InChI is InChI=1S/C4H10N2S/c1-2-6-4-7-3-5-1/h5-6H,1-4H2. The van der Waals surface area contributed by atoms with Gasteiger partial charge in [-0.2, -0.15) is 0 Å². The SMILES string of the molecule is C1CNCSCN1. The topological polar surface area (TPSA) is 24.1 Å². The predicted molar refractivity (Wildman–Crippen MR) is 33.3 cm³/mol. The van der Waals surface area contributed by atoms with E-state index in [1.165, 1.54) is 0 Å². The van der Waals surface area contributed by atoms with E-state index in [4.69, 9.17) is 0 Å². The molecule has 1 heterocycles. The third-order valence-electron chi connectivity index (χ3n) is 0.887. The van der Waals surface area contributed by atoms with Crippen molar-refractivity contribution in [2.24, 2.45) is 0 Å². The molecule has 0 unspecified atom stereocenters. The molecule has 1 aliphatic heterocycles. The van der Waals surface area contributed by atoms with Crippen LogP contribution in [0, 0.1) is 0 Å². The fourth-order valence-electron chi connectivity index (χ4n) is 0.516. The lowest BCUT2D eigenvalue weighted by Gasteiger charge is -1.91. The van der Waals surface area contributed by atoms with E-state index >= 15 is 0 Å². The van der Waals surface area contributed by atoms with Crippen LogP contribution >= 0.6 is 11.8 Å². The van der Waals surface area contributed by atoms with Crippen molar-refractivity contribution in [2.75, 3.05) is 24.8 Å². The molecule has 7 heavy (non-hydrogen) atoms. The van der Waals surface area contributed by atoms with E-state index in [-0.39, 0.29) is 0 Å². The van der Waals surface area contributed by atoms with Gasteiger partial charge in [0, 0.05) is 24.8 Å². The Morgan fingerprint density at radius 3 is 2.14 bits per heavy atom. The van der Waals surface area contributed by atoms with Gasteiger partial charge >= 0.3 is 0 Å². The first kappa shape index (κ1) is 5.41. The van der Waals surface area contributed by atoms with Gasteiger partial charge in [-0.3, -0.25) is 0 Å². The molecule has 2 N–H and O–H groups in total. The molecule has 0 aliphatic carbocycles. The summed E-state index contributed by atoms with van der Waals surface area (Å²) >= 11 is 1.89. The Hall–Kier alpha value is 0.270. The summed E-state index contributed by atoms with van der Waals surface area (Å²) in [5.74, 6) is 2.21. The highest BCUT2D eigenvalue weighted by Crippen LogP contribution is 1.93. The van der Waals surface area contributed by atoms with Crippen molar-refractivity contribution in [2.45, 2.75) is 0 Å². The maximum atomic E-state index is 3.25. The number of nitrogens with one attached hydrogen (secondary N) is 2. The van der Waals surface area contributed by atoms with Crippen molar-refractivity contribution in [1.29, 1.82) is 0 Å². The minimum atomic E-state index is 1.10. The van der Waals surface area contributed by atoms with E-state index in [0.29, 0.717) is 0 Å². The van der Waals surface area contributed by atoms with Gasteiger partial charge in [0.2, 0.25) is 0 Å². The Morgan fingerprint density at radius 1 is 1.00 bits per heavy atom. The van der Waals surface area contributed by atoms with Crippen LogP contribution in [0.25, 0.3) is 0 Å². The van der Waals surface area contributed by atoms with Crippen LogP contribution in [-0.2, 0) is 0 Å². The van der Waals surface area contributed by atoms with E-state index in [2.05, 4.69) is 10.6 Å². The molecule has 0 aromatic rings. The van der Waals surface area contributed by atoms with E-state index in [0.717, 1.165) is 24.8 Å². The average Bonchev–Trinajstić information content (AvgIpc) is 1.90. The van der Waals surface area contributed by atoms with Crippen molar-refractivity contribution in [3.05, 3.63) is 0 Å². The summed E-state index contributed by atoms with van der Waals surface area (Å²) in [7, 11) is 0. The molecule has 1 aliphatic rings. The summed E-state index contributed by atoms with van der Waals surface area (Å²) in [6, 6.07) is 0. The summed E-state index contributed by atoms with van der Waals surface area (Å²) in [5.41, 5.74) is 0. The van der Waals surface area contributed by atoms with Crippen LogP contribution in [0.2, 0.25) is 0 Å². The number of thioether (sulfide) groups is 1. The predicted octanol–water partition coefficient (Wildman–Crippen LogP) is -0.173. The van der Waals surface area contributed by atoms with Crippen LogP contribution in [0.15, 0.2) is 0 Å². The Labute approximate surface area is 48.1 Å². The van der Waals surface area contributed by atoms with Crippen LogP contribution in [-0.4, -0.2) is 24.8 Å². The maximum absolute atomic E-state index is 3.25. The summed E-state index contributed by atoms with van der Waals surface area (Å²) < 4.78 is 0. The molecule has 1 fully saturated rings. The minimum absolute atomic E-state index is 1.10. The normalized spacial score (nSPS) is 24.0. The van der Waals surface area contributed by atoms with E-state index in [1.807, 2.05) is 11.8 Å². The first-order valence-corrected chi connectivity index (χ1v) is 3.65. The van der Waals surface area contributed by atoms with Gasteiger partial charge in [0.15, 0.2) is 0 Å². The Kier molecular flexibility index (Phi) is 2.55. The van der Waals surface area contributed by atoms with E-state index < -0.39 is 0 Å². The Morgan fingerprint density at radius 2 is 1.57 bits per heavy atom. The monoisotopic (exact) mass is 118 g/mol. The smallest absolute Gasteiger partial charge is 0.0431 e. The maximum Gasteiger partial charge on any atom is 0.0431 e. The molecule has 42 valence electrons. The number of hydrogen-bond acceptors (Lipinski definition) is 3. The molecular formula is C4H10N2S. The van der Waals surface area contributed by atoms with Crippen molar-refractivity contribution < 1.29 is 0 Å². The largest absolute Gasteiger partial charge is 0.307 e. The molecule has 0 radical (unpaired) electrons.